The summed E-state index contributed by atoms with van der Waals surface area (Å²) in [4.78, 5) is 17.3. The molecular formula is C16H16ClN5O2S. The predicted molar refractivity (Wildman–Crippen MR) is 94.5 cm³/mol. The predicted octanol–water partition coefficient (Wildman–Crippen LogP) is 3.53. The molecular weight excluding hydrogens is 362 g/mol. The highest BCUT2D eigenvalue weighted by Gasteiger charge is 2.19. The summed E-state index contributed by atoms with van der Waals surface area (Å²) in [6.07, 6.45) is 0.893. The molecule has 0 aliphatic rings. The number of hydrogen-bond acceptors (Lipinski definition) is 7. The van der Waals surface area contributed by atoms with Gasteiger partial charge >= 0.3 is 5.97 Å². The average molecular weight is 378 g/mol. The van der Waals surface area contributed by atoms with E-state index in [4.69, 9.17) is 16.3 Å². The fraction of sp³-hybridized carbons (Fsp3) is 0.312. The number of esters is 1. The van der Waals surface area contributed by atoms with Crippen molar-refractivity contribution in [2.24, 2.45) is 0 Å². The van der Waals surface area contributed by atoms with E-state index in [0.29, 0.717) is 28.0 Å². The first-order chi connectivity index (χ1) is 12.1. The third kappa shape index (κ3) is 4.02. The van der Waals surface area contributed by atoms with Gasteiger partial charge in [0, 0.05) is 17.1 Å². The first-order valence-electron chi connectivity index (χ1n) is 7.74. The van der Waals surface area contributed by atoms with Gasteiger partial charge in [0.25, 0.3) is 0 Å². The molecule has 0 amide bonds. The van der Waals surface area contributed by atoms with Gasteiger partial charge in [-0.05, 0) is 35.9 Å². The van der Waals surface area contributed by atoms with Gasteiger partial charge in [-0.15, -0.1) is 16.4 Å². The monoisotopic (exact) mass is 377 g/mol. The van der Waals surface area contributed by atoms with Crippen molar-refractivity contribution in [3.63, 3.8) is 0 Å². The number of aromatic nitrogens is 5. The second kappa shape index (κ2) is 7.71. The van der Waals surface area contributed by atoms with E-state index in [-0.39, 0.29) is 6.61 Å². The number of hydrogen-bond donors (Lipinski definition) is 0. The minimum Gasteiger partial charge on any atom is -0.453 e. The maximum atomic E-state index is 12.4. The minimum atomic E-state index is -0.429. The fourth-order valence-electron chi connectivity index (χ4n) is 2.21. The van der Waals surface area contributed by atoms with Crippen LogP contribution >= 0.6 is 22.9 Å². The summed E-state index contributed by atoms with van der Waals surface area (Å²) in [5.74, 6) is 0.0940. The molecule has 130 valence electrons. The molecule has 0 radical (unpaired) electrons. The van der Waals surface area contributed by atoms with Gasteiger partial charge in [-0.25, -0.2) is 14.5 Å². The summed E-state index contributed by atoms with van der Waals surface area (Å²) in [6, 6.07) is 7.32. The van der Waals surface area contributed by atoms with E-state index in [1.54, 1.807) is 23.7 Å². The van der Waals surface area contributed by atoms with Gasteiger partial charge in [0.15, 0.2) is 12.4 Å². The van der Waals surface area contributed by atoms with Crippen LogP contribution in [-0.4, -0.2) is 31.2 Å². The Balaban J connectivity index is 1.72. The zero-order valence-electron chi connectivity index (χ0n) is 13.8. The van der Waals surface area contributed by atoms with Crippen molar-refractivity contribution >= 4 is 28.9 Å². The Bertz CT molecular complexity index is 875. The van der Waals surface area contributed by atoms with E-state index in [0.717, 1.165) is 17.0 Å². The quantitative estimate of drug-likeness (QED) is 0.611. The van der Waals surface area contributed by atoms with Crippen molar-refractivity contribution in [3.8, 4) is 10.6 Å². The summed E-state index contributed by atoms with van der Waals surface area (Å²) in [6.45, 7) is 4.52. The van der Waals surface area contributed by atoms with E-state index in [1.807, 2.05) is 19.1 Å². The molecule has 0 N–H and O–H groups in total. The molecule has 3 rings (SSSR count). The molecule has 0 saturated carbocycles. The van der Waals surface area contributed by atoms with Crippen LogP contribution < -0.4 is 0 Å². The van der Waals surface area contributed by atoms with Crippen LogP contribution in [0.5, 0.6) is 0 Å². The lowest BCUT2D eigenvalue weighted by molar-refractivity contribution is 0.0461. The highest BCUT2D eigenvalue weighted by atomic mass is 35.5. The fourth-order valence-corrected chi connectivity index (χ4v) is 3.30. The summed E-state index contributed by atoms with van der Waals surface area (Å²) in [5, 5.41) is 12.8. The summed E-state index contributed by atoms with van der Waals surface area (Å²) >= 11 is 7.19. The normalized spacial score (nSPS) is 10.8. The molecule has 9 heteroatoms. The van der Waals surface area contributed by atoms with E-state index in [2.05, 4.69) is 20.5 Å². The molecule has 1 aromatic carbocycles. The zero-order chi connectivity index (χ0) is 17.8. The number of tetrazole rings is 1. The van der Waals surface area contributed by atoms with Crippen LogP contribution in [0.3, 0.4) is 0 Å². The lowest BCUT2D eigenvalue weighted by Crippen LogP contribution is -2.10. The number of ether oxygens (including phenoxy) is 1. The van der Waals surface area contributed by atoms with Crippen molar-refractivity contribution in [1.29, 1.82) is 0 Å². The lowest BCUT2D eigenvalue weighted by Gasteiger charge is -2.04. The first-order valence-corrected chi connectivity index (χ1v) is 8.93. The van der Waals surface area contributed by atoms with Gasteiger partial charge in [0.05, 0.1) is 5.69 Å². The van der Waals surface area contributed by atoms with Crippen LogP contribution in [0.2, 0.25) is 5.02 Å². The number of benzene rings is 1. The minimum absolute atomic E-state index is 0.0272. The zero-order valence-corrected chi connectivity index (χ0v) is 15.3. The van der Waals surface area contributed by atoms with Crippen LogP contribution in [0, 0.1) is 6.92 Å². The largest absolute Gasteiger partial charge is 0.453 e. The van der Waals surface area contributed by atoms with E-state index in [1.165, 1.54) is 11.3 Å². The van der Waals surface area contributed by atoms with Gasteiger partial charge < -0.3 is 4.74 Å². The molecule has 3 aromatic rings. The lowest BCUT2D eigenvalue weighted by atomic mass is 10.2. The number of halogens is 1. The Hall–Kier alpha value is -2.32. The van der Waals surface area contributed by atoms with Gasteiger partial charge in [-0.2, -0.15) is 0 Å². The molecule has 0 aliphatic carbocycles. The molecule has 2 aromatic heterocycles. The third-order valence-corrected chi connectivity index (χ3v) is 4.89. The van der Waals surface area contributed by atoms with Gasteiger partial charge in [0.2, 0.25) is 0 Å². The average Bonchev–Trinajstić information content (AvgIpc) is 3.20. The van der Waals surface area contributed by atoms with Crippen molar-refractivity contribution in [1.82, 2.24) is 25.2 Å². The molecule has 25 heavy (non-hydrogen) atoms. The van der Waals surface area contributed by atoms with Crippen LogP contribution in [0.4, 0.5) is 0 Å². The number of rotatable bonds is 6. The first kappa shape index (κ1) is 17.5. The highest BCUT2D eigenvalue weighted by molar-refractivity contribution is 7.17. The van der Waals surface area contributed by atoms with Crippen molar-refractivity contribution < 1.29 is 9.53 Å². The van der Waals surface area contributed by atoms with Gasteiger partial charge in [-0.3, -0.25) is 0 Å². The third-order valence-electron chi connectivity index (χ3n) is 3.45. The molecule has 2 heterocycles. The Morgan fingerprint density at radius 3 is 2.80 bits per heavy atom. The van der Waals surface area contributed by atoms with E-state index >= 15 is 0 Å². The van der Waals surface area contributed by atoms with Crippen LogP contribution in [0.1, 0.15) is 34.5 Å². The smallest absolute Gasteiger partial charge is 0.350 e. The highest BCUT2D eigenvalue weighted by Crippen LogP contribution is 2.29. The Morgan fingerprint density at radius 1 is 1.32 bits per heavy atom. The maximum Gasteiger partial charge on any atom is 0.350 e. The number of carbonyl (C=O) groups is 1. The standard InChI is InChI=1S/C16H16ClN5O2S/c1-3-8-22-13(19-20-21-22)9-24-16(23)14-10(2)18-15(25-14)11-4-6-12(17)7-5-11/h4-7H,3,8-9H2,1-2H3. The maximum absolute atomic E-state index is 12.4. The Kier molecular flexibility index (Phi) is 5.40. The number of aryl methyl sites for hydroxylation is 2. The molecule has 0 saturated heterocycles. The number of carbonyl (C=O) groups excluding carboxylic acids is 1. The van der Waals surface area contributed by atoms with Gasteiger partial charge in [0.1, 0.15) is 9.88 Å². The van der Waals surface area contributed by atoms with E-state index < -0.39 is 5.97 Å². The molecule has 0 bridgehead atoms. The SMILES string of the molecule is CCCn1nnnc1COC(=O)c1sc(-c2ccc(Cl)cc2)nc1C. The number of thiazole rings is 1. The summed E-state index contributed by atoms with van der Waals surface area (Å²) < 4.78 is 6.99. The van der Waals surface area contributed by atoms with Crippen molar-refractivity contribution in [2.45, 2.75) is 33.4 Å². The topological polar surface area (TPSA) is 82.8 Å². The second-order valence-corrected chi connectivity index (χ2v) is 6.77. The van der Waals surface area contributed by atoms with Crippen LogP contribution in [0.25, 0.3) is 10.6 Å². The Labute approximate surface area is 153 Å². The molecule has 0 atom stereocenters. The van der Waals surface area contributed by atoms with Crippen molar-refractivity contribution in [3.05, 3.63) is 45.7 Å². The summed E-state index contributed by atoms with van der Waals surface area (Å²) in [7, 11) is 0. The van der Waals surface area contributed by atoms with Crippen LogP contribution in [-0.2, 0) is 17.9 Å². The molecule has 0 unspecified atom stereocenters. The van der Waals surface area contributed by atoms with Crippen LogP contribution in [0.15, 0.2) is 24.3 Å². The van der Waals surface area contributed by atoms with Crippen molar-refractivity contribution in [2.75, 3.05) is 0 Å². The summed E-state index contributed by atoms with van der Waals surface area (Å²) in [5.41, 5.74) is 1.54. The molecule has 0 aliphatic heterocycles. The number of nitrogens with zero attached hydrogens (tertiary/aromatic N) is 5. The van der Waals surface area contributed by atoms with Gasteiger partial charge in [-0.1, -0.05) is 30.7 Å². The molecule has 7 nitrogen and oxygen atoms in total. The van der Waals surface area contributed by atoms with E-state index in [9.17, 15) is 4.79 Å². The Morgan fingerprint density at radius 2 is 2.08 bits per heavy atom. The second-order valence-electron chi connectivity index (χ2n) is 5.33. The molecule has 0 fully saturated rings. The molecule has 0 spiro atoms.